The van der Waals surface area contributed by atoms with E-state index >= 15 is 0 Å². The molecule has 2 aliphatic rings. The van der Waals surface area contributed by atoms with E-state index in [4.69, 9.17) is 5.26 Å². The first-order valence-electron chi connectivity index (χ1n) is 7.56. The van der Waals surface area contributed by atoms with E-state index in [-0.39, 0.29) is 5.91 Å². The third-order valence-corrected chi connectivity index (χ3v) is 4.43. The summed E-state index contributed by atoms with van der Waals surface area (Å²) in [5, 5.41) is 9.10. The molecule has 1 aromatic carbocycles. The van der Waals surface area contributed by atoms with E-state index in [0.717, 1.165) is 17.8 Å². The molecule has 1 aliphatic carbocycles. The van der Waals surface area contributed by atoms with Gasteiger partial charge in [-0.15, -0.1) is 0 Å². The molecule has 5 heteroatoms. The Morgan fingerprint density at radius 1 is 1.36 bits per heavy atom. The highest BCUT2D eigenvalue weighted by molar-refractivity contribution is 5.85. The number of nitriles is 1. The maximum Gasteiger partial charge on any atom is 0.250 e. The van der Waals surface area contributed by atoms with Gasteiger partial charge in [-0.05, 0) is 36.5 Å². The smallest absolute Gasteiger partial charge is 0.250 e. The van der Waals surface area contributed by atoms with Crippen LogP contribution in [0.15, 0.2) is 36.8 Å². The molecule has 1 fully saturated rings. The minimum atomic E-state index is -0.404. The van der Waals surface area contributed by atoms with Gasteiger partial charge in [0.1, 0.15) is 6.04 Å². The van der Waals surface area contributed by atoms with E-state index < -0.39 is 6.04 Å². The van der Waals surface area contributed by atoms with Crippen LogP contribution in [0.3, 0.4) is 0 Å². The molecule has 2 heterocycles. The summed E-state index contributed by atoms with van der Waals surface area (Å²) < 4.78 is 1.93. The molecule has 1 amide bonds. The number of aromatic nitrogens is 2. The summed E-state index contributed by atoms with van der Waals surface area (Å²) in [5.41, 5.74) is 2.47. The predicted octanol–water partition coefficient (Wildman–Crippen LogP) is 2.10. The molecule has 1 unspecified atom stereocenters. The average molecular weight is 292 g/mol. The minimum Gasteiger partial charge on any atom is -0.334 e. The number of benzene rings is 1. The molecule has 0 radical (unpaired) electrons. The van der Waals surface area contributed by atoms with Crippen molar-refractivity contribution in [3.05, 3.63) is 53.6 Å². The van der Waals surface area contributed by atoms with Crippen molar-refractivity contribution >= 4 is 5.91 Å². The summed E-state index contributed by atoms with van der Waals surface area (Å²) in [6, 6.07) is 9.04. The fourth-order valence-corrected chi connectivity index (χ4v) is 3.10. The third-order valence-electron chi connectivity index (χ3n) is 4.43. The van der Waals surface area contributed by atoms with Crippen molar-refractivity contribution in [1.82, 2.24) is 14.5 Å². The Hall–Kier alpha value is -2.61. The van der Waals surface area contributed by atoms with Gasteiger partial charge >= 0.3 is 0 Å². The van der Waals surface area contributed by atoms with Crippen LogP contribution in [-0.4, -0.2) is 26.9 Å². The Labute approximate surface area is 128 Å². The van der Waals surface area contributed by atoms with Crippen LogP contribution in [0.1, 0.15) is 35.7 Å². The number of rotatable bonds is 3. The topological polar surface area (TPSA) is 61.9 Å². The number of nitrogens with zero attached hydrogens (tertiary/aromatic N) is 4. The van der Waals surface area contributed by atoms with Gasteiger partial charge < -0.3 is 9.47 Å². The van der Waals surface area contributed by atoms with Gasteiger partial charge in [-0.2, -0.15) is 5.26 Å². The van der Waals surface area contributed by atoms with Crippen molar-refractivity contribution in [2.24, 2.45) is 5.92 Å². The molecule has 1 aromatic heterocycles. The number of amides is 1. The summed E-state index contributed by atoms with van der Waals surface area (Å²) in [6.45, 7) is 1.46. The van der Waals surface area contributed by atoms with E-state index in [1.54, 1.807) is 18.5 Å². The standard InChI is InChI=1S/C17H16N4O/c18-7-13-2-1-3-14(6-13)16-17(22)20(9-12-4-5-12)10-15-8-19-11-21(15)16/h1-3,6,8,11-12,16H,4-5,9-10H2. The Bertz CT molecular complexity index is 769. The van der Waals surface area contributed by atoms with E-state index in [1.165, 1.54) is 12.8 Å². The van der Waals surface area contributed by atoms with Gasteiger partial charge in [0, 0.05) is 12.7 Å². The fraction of sp³-hybridized carbons (Fsp3) is 0.353. The van der Waals surface area contributed by atoms with E-state index in [2.05, 4.69) is 11.1 Å². The van der Waals surface area contributed by atoms with Crippen molar-refractivity contribution < 1.29 is 4.79 Å². The maximum atomic E-state index is 12.9. The lowest BCUT2D eigenvalue weighted by atomic mass is 10.0. The second-order valence-corrected chi connectivity index (χ2v) is 6.09. The summed E-state index contributed by atoms with van der Waals surface area (Å²) in [5.74, 6) is 0.761. The van der Waals surface area contributed by atoms with Crippen LogP contribution < -0.4 is 0 Å². The first-order valence-corrected chi connectivity index (χ1v) is 7.56. The lowest BCUT2D eigenvalue weighted by Gasteiger charge is -2.34. The number of imidazole rings is 1. The first kappa shape index (κ1) is 13.1. The molecule has 0 N–H and O–H groups in total. The molecular weight excluding hydrogens is 276 g/mol. The van der Waals surface area contributed by atoms with Crippen LogP contribution in [-0.2, 0) is 11.3 Å². The van der Waals surface area contributed by atoms with Crippen LogP contribution in [0.2, 0.25) is 0 Å². The van der Waals surface area contributed by atoms with Gasteiger partial charge in [-0.1, -0.05) is 12.1 Å². The third kappa shape index (κ3) is 2.17. The molecular formula is C17H16N4O. The van der Waals surface area contributed by atoms with Gasteiger partial charge in [0.25, 0.3) is 5.91 Å². The largest absolute Gasteiger partial charge is 0.334 e. The predicted molar refractivity (Wildman–Crippen MR) is 79.7 cm³/mol. The van der Waals surface area contributed by atoms with Crippen molar-refractivity contribution in [2.45, 2.75) is 25.4 Å². The summed E-state index contributed by atoms with van der Waals surface area (Å²) in [4.78, 5) is 19.1. The van der Waals surface area contributed by atoms with Gasteiger partial charge in [0.15, 0.2) is 0 Å². The number of hydrogen-bond acceptors (Lipinski definition) is 3. The maximum absolute atomic E-state index is 12.9. The zero-order chi connectivity index (χ0) is 15.1. The molecule has 5 nitrogen and oxygen atoms in total. The average Bonchev–Trinajstić information content (AvgIpc) is 3.24. The second-order valence-electron chi connectivity index (χ2n) is 6.09. The quantitative estimate of drug-likeness (QED) is 0.870. The zero-order valence-electron chi connectivity index (χ0n) is 12.1. The van der Waals surface area contributed by atoms with Gasteiger partial charge in [-0.3, -0.25) is 4.79 Å². The van der Waals surface area contributed by atoms with Crippen molar-refractivity contribution in [2.75, 3.05) is 6.54 Å². The lowest BCUT2D eigenvalue weighted by molar-refractivity contribution is -0.136. The highest BCUT2D eigenvalue weighted by Gasteiger charge is 2.36. The lowest BCUT2D eigenvalue weighted by Crippen LogP contribution is -2.43. The molecule has 1 atom stereocenters. The first-order chi connectivity index (χ1) is 10.8. The van der Waals surface area contributed by atoms with Crippen molar-refractivity contribution in [3.63, 3.8) is 0 Å². The fourth-order valence-electron chi connectivity index (χ4n) is 3.10. The molecule has 110 valence electrons. The highest BCUT2D eigenvalue weighted by atomic mass is 16.2. The molecule has 4 rings (SSSR count). The summed E-state index contributed by atoms with van der Waals surface area (Å²) in [7, 11) is 0. The molecule has 2 aromatic rings. The zero-order valence-corrected chi connectivity index (χ0v) is 12.1. The Morgan fingerprint density at radius 3 is 3.00 bits per heavy atom. The van der Waals surface area contributed by atoms with E-state index in [9.17, 15) is 4.79 Å². The van der Waals surface area contributed by atoms with Crippen LogP contribution in [0.4, 0.5) is 0 Å². The number of carbonyl (C=O) groups excluding carboxylic acids is 1. The normalized spacial score (nSPS) is 20.6. The highest BCUT2D eigenvalue weighted by Crippen LogP contribution is 2.34. The number of hydrogen-bond donors (Lipinski definition) is 0. The van der Waals surface area contributed by atoms with E-state index in [1.807, 2.05) is 27.8 Å². The molecule has 0 bridgehead atoms. The minimum absolute atomic E-state index is 0.104. The number of carbonyl (C=O) groups is 1. The van der Waals surface area contributed by atoms with E-state index in [0.29, 0.717) is 18.0 Å². The Kier molecular flexibility index (Phi) is 2.97. The van der Waals surface area contributed by atoms with Crippen molar-refractivity contribution in [1.29, 1.82) is 5.26 Å². The van der Waals surface area contributed by atoms with Gasteiger partial charge in [0.05, 0.1) is 30.2 Å². The van der Waals surface area contributed by atoms with Crippen LogP contribution in [0.25, 0.3) is 0 Å². The molecule has 22 heavy (non-hydrogen) atoms. The SMILES string of the molecule is N#Cc1cccc(C2C(=O)N(CC3CC3)Cc3cncn32)c1. The van der Waals surface area contributed by atoms with Crippen LogP contribution >= 0.6 is 0 Å². The molecule has 1 aliphatic heterocycles. The molecule has 0 spiro atoms. The summed E-state index contributed by atoms with van der Waals surface area (Å²) >= 11 is 0. The molecule has 1 saturated carbocycles. The monoisotopic (exact) mass is 292 g/mol. The Morgan fingerprint density at radius 2 is 2.23 bits per heavy atom. The summed E-state index contributed by atoms with van der Waals surface area (Å²) in [6.07, 6.45) is 5.98. The Balaban J connectivity index is 1.75. The molecule has 0 saturated heterocycles. The van der Waals surface area contributed by atoms with Crippen LogP contribution in [0.5, 0.6) is 0 Å². The second kappa shape index (κ2) is 4.99. The number of fused-ring (bicyclic) bond motifs is 1. The van der Waals surface area contributed by atoms with Gasteiger partial charge in [0.2, 0.25) is 0 Å². The van der Waals surface area contributed by atoms with Crippen molar-refractivity contribution in [3.8, 4) is 6.07 Å². The van der Waals surface area contributed by atoms with Crippen LogP contribution in [0, 0.1) is 17.2 Å². The van der Waals surface area contributed by atoms with Gasteiger partial charge in [-0.25, -0.2) is 4.98 Å².